The highest BCUT2D eigenvalue weighted by Gasteiger charge is 2.08. The first kappa shape index (κ1) is 11.7. The van der Waals surface area contributed by atoms with Gasteiger partial charge in [-0.2, -0.15) is 0 Å². The second-order valence-electron chi connectivity index (χ2n) is 4.75. The van der Waals surface area contributed by atoms with Crippen molar-refractivity contribution < 1.29 is 0 Å². The van der Waals surface area contributed by atoms with Crippen LogP contribution in [-0.4, -0.2) is 9.97 Å². The van der Waals surface area contributed by atoms with Crippen molar-refractivity contribution in [2.45, 2.75) is 13.8 Å². The minimum Gasteiger partial charge on any atom is -0.398 e. The summed E-state index contributed by atoms with van der Waals surface area (Å²) in [5.74, 6) is 0. The van der Waals surface area contributed by atoms with Crippen LogP contribution in [-0.2, 0) is 0 Å². The molecule has 0 fully saturated rings. The van der Waals surface area contributed by atoms with E-state index in [0.717, 1.165) is 39.0 Å². The van der Waals surface area contributed by atoms with E-state index in [1.54, 1.807) is 12.4 Å². The molecule has 1 aromatic carbocycles. The van der Waals surface area contributed by atoms with E-state index in [-0.39, 0.29) is 0 Å². The Bertz CT molecular complexity index is 749. The molecule has 3 heteroatoms. The van der Waals surface area contributed by atoms with Crippen LogP contribution in [0.15, 0.2) is 42.7 Å². The molecule has 0 aliphatic heterocycles. The number of hydrogen-bond donors (Lipinski definition) is 1. The molecule has 3 aromatic rings. The van der Waals surface area contributed by atoms with Crippen molar-refractivity contribution in [3.05, 3.63) is 53.9 Å². The second kappa shape index (κ2) is 4.35. The molecule has 0 unspecified atom stereocenters. The van der Waals surface area contributed by atoms with Gasteiger partial charge < -0.3 is 5.73 Å². The lowest BCUT2D eigenvalue weighted by Crippen LogP contribution is -1.96. The van der Waals surface area contributed by atoms with E-state index in [4.69, 9.17) is 10.7 Å². The van der Waals surface area contributed by atoms with Crippen LogP contribution in [0.5, 0.6) is 0 Å². The number of rotatable bonds is 1. The molecule has 2 aromatic heterocycles. The first-order valence-electron chi connectivity index (χ1n) is 6.23. The molecule has 3 nitrogen and oxygen atoms in total. The van der Waals surface area contributed by atoms with Gasteiger partial charge in [0.1, 0.15) is 0 Å². The molecular weight excluding hydrogens is 234 g/mol. The molecule has 3 rings (SSSR count). The van der Waals surface area contributed by atoms with Crippen LogP contribution in [0.1, 0.15) is 11.1 Å². The lowest BCUT2D eigenvalue weighted by molar-refractivity contribution is 1.30. The Kier molecular flexibility index (Phi) is 2.67. The van der Waals surface area contributed by atoms with Crippen LogP contribution in [0.3, 0.4) is 0 Å². The number of aryl methyl sites for hydroxylation is 2. The van der Waals surface area contributed by atoms with Crippen molar-refractivity contribution in [3.63, 3.8) is 0 Å². The molecule has 2 N–H and O–H groups in total. The van der Waals surface area contributed by atoms with E-state index >= 15 is 0 Å². The summed E-state index contributed by atoms with van der Waals surface area (Å²) >= 11 is 0. The van der Waals surface area contributed by atoms with Crippen LogP contribution in [0.25, 0.3) is 22.2 Å². The predicted octanol–water partition coefficient (Wildman–Crippen LogP) is 3.50. The van der Waals surface area contributed by atoms with Crippen molar-refractivity contribution in [3.8, 4) is 11.3 Å². The summed E-state index contributed by atoms with van der Waals surface area (Å²) in [6, 6.07) is 10.0. The Morgan fingerprint density at radius 2 is 1.68 bits per heavy atom. The maximum atomic E-state index is 6.16. The van der Waals surface area contributed by atoms with Crippen molar-refractivity contribution in [1.82, 2.24) is 9.97 Å². The average Bonchev–Trinajstić information content (AvgIpc) is 2.43. The molecule has 0 aliphatic rings. The number of anilines is 1. The minimum absolute atomic E-state index is 0.823. The summed E-state index contributed by atoms with van der Waals surface area (Å²) in [7, 11) is 0. The fourth-order valence-corrected chi connectivity index (χ4v) is 2.33. The van der Waals surface area contributed by atoms with Gasteiger partial charge in [0.2, 0.25) is 0 Å². The van der Waals surface area contributed by atoms with Crippen molar-refractivity contribution in [1.29, 1.82) is 0 Å². The molecule has 94 valence electrons. The Balaban J connectivity index is 2.30. The smallest absolute Gasteiger partial charge is 0.0733 e. The van der Waals surface area contributed by atoms with Gasteiger partial charge in [0, 0.05) is 29.0 Å². The molecule has 0 radical (unpaired) electrons. The minimum atomic E-state index is 0.823. The van der Waals surface area contributed by atoms with Gasteiger partial charge in [0.25, 0.3) is 0 Å². The zero-order valence-electron chi connectivity index (χ0n) is 11.0. The summed E-state index contributed by atoms with van der Waals surface area (Å²) in [6.07, 6.45) is 3.56. The number of fused-ring (bicyclic) bond motifs is 1. The fraction of sp³-hybridized carbons (Fsp3) is 0.125. The lowest BCUT2D eigenvalue weighted by Gasteiger charge is -2.10. The number of nitrogens with two attached hydrogens (primary N) is 1. The summed E-state index contributed by atoms with van der Waals surface area (Å²) < 4.78 is 0. The largest absolute Gasteiger partial charge is 0.398 e. The molecule has 2 heterocycles. The van der Waals surface area contributed by atoms with Gasteiger partial charge in [-0.25, -0.2) is 4.98 Å². The first-order chi connectivity index (χ1) is 9.16. The first-order valence-corrected chi connectivity index (χ1v) is 6.23. The Morgan fingerprint density at radius 3 is 2.42 bits per heavy atom. The van der Waals surface area contributed by atoms with Gasteiger partial charge >= 0.3 is 0 Å². The van der Waals surface area contributed by atoms with Crippen LogP contribution in [0.4, 0.5) is 5.69 Å². The molecule has 0 amide bonds. The number of hydrogen-bond acceptors (Lipinski definition) is 3. The van der Waals surface area contributed by atoms with E-state index < -0.39 is 0 Å². The normalized spacial score (nSPS) is 10.8. The van der Waals surface area contributed by atoms with E-state index in [0.29, 0.717) is 0 Å². The second-order valence-corrected chi connectivity index (χ2v) is 4.75. The monoisotopic (exact) mass is 249 g/mol. The van der Waals surface area contributed by atoms with Crippen LogP contribution >= 0.6 is 0 Å². The maximum absolute atomic E-state index is 6.16. The fourth-order valence-electron chi connectivity index (χ4n) is 2.33. The summed E-state index contributed by atoms with van der Waals surface area (Å²) in [4.78, 5) is 8.73. The number of pyridine rings is 2. The van der Waals surface area contributed by atoms with Gasteiger partial charge in [0.15, 0.2) is 0 Å². The van der Waals surface area contributed by atoms with Gasteiger partial charge in [0.05, 0.1) is 11.2 Å². The highest BCUT2D eigenvalue weighted by Crippen LogP contribution is 2.29. The number of nitrogen functional groups attached to an aromatic ring is 1. The number of benzene rings is 1. The van der Waals surface area contributed by atoms with Crippen molar-refractivity contribution in [2.75, 3.05) is 5.73 Å². The number of aromatic nitrogens is 2. The molecular formula is C16H15N3. The highest BCUT2D eigenvalue weighted by atomic mass is 14.7. The van der Waals surface area contributed by atoms with Gasteiger partial charge in [-0.1, -0.05) is 6.07 Å². The quantitative estimate of drug-likeness (QED) is 0.671. The van der Waals surface area contributed by atoms with Crippen LogP contribution in [0, 0.1) is 13.8 Å². The summed E-state index contributed by atoms with van der Waals surface area (Å²) in [5.41, 5.74) is 12.2. The van der Waals surface area contributed by atoms with Gasteiger partial charge in [-0.15, -0.1) is 0 Å². The van der Waals surface area contributed by atoms with Crippen LogP contribution in [0.2, 0.25) is 0 Å². The van der Waals surface area contributed by atoms with E-state index in [1.807, 2.05) is 31.2 Å². The van der Waals surface area contributed by atoms with Gasteiger partial charge in [-0.05, 0) is 49.2 Å². The van der Waals surface area contributed by atoms with Crippen molar-refractivity contribution in [2.24, 2.45) is 0 Å². The molecule has 0 atom stereocenters. The third-order valence-electron chi connectivity index (χ3n) is 3.41. The van der Waals surface area contributed by atoms with E-state index in [1.165, 1.54) is 0 Å². The Labute approximate surface area is 112 Å². The Hall–Kier alpha value is -2.42. The van der Waals surface area contributed by atoms with Crippen LogP contribution < -0.4 is 5.73 Å². The average molecular weight is 249 g/mol. The summed E-state index contributed by atoms with van der Waals surface area (Å²) in [6.45, 7) is 4.09. The molecule has 0 aliphatic carbocycles. The zero-order valence-corrected chi connectivity index (χ0v) is 11.0. The van der Waals surface area contributed by atoms with Crippen molar-refractivity contribution >= 4 is 16.6 Å². The highest BCUT2D eigenvalue weighted by molar-refractivity contribution is 5.95. The third-order valence-corrected chi connectivity index (χ3v) is 3.41. The summed E-state index contributed by atoms with van der Waals surface area (Å²) in [5, 5.41) is 1.05. The zero-order chi connectivity index (χ0) is 13.4. The molecule has 0 saturated heterocycles. The van der Waals surface area contributed by atoms with E-state index in [9.17, 15) is 0 Å². The maximum Gasteiger partial charge on any atom is 0.0733 e. The predicted molar refractivity (Wildman–Crippen MR) is 78.9 cm³/mol. The Morgan fingerprint density at radius 1 is 0.947 bits per heavy atom. The molecule has 0 spiro atoms. The molecule has 19 heavy (non-hydrogen) atoms. The third kappa shape index (κ3) is 1.93. The number of nitrogens with zero attached hydrogens (tertiary/aromatic N) is 2. The SMILES string of the molecule is Cc1ccc2nc(-c3ccncc3)cc(C)c2c1N. The molecule has 0 saturated carbocycles. The topological polar surface area (TPSA) is 51.8 Å². The molecule has 0 bridgehead atoms. The van der Waals surface area contributed by atoms with E-state index in [2.05, 4.69) is 18.0 Å². The lowest BCUT2D eigenvalue weighted by atomic mass is 10.0. The standard InChI is InChI=1S/C16H15N3/c1-10-3-4-13-15(16(10)17)11(2)9-14(19-13)12-5-7-18-8-6-12/h3-9H,17H2,1-2H3. The van der Waals surface area contributed by atoms with Gasteiger partial charge in [-0.3, -0.25) is 4.98 Å².